The predicted molar refractivity (Wildman–Crippen MR) is 82.7 cm³/mol. The maximum absolute atomic E-state index is 5.55. The molecule has 0 unspecified atom stereocenters. The SMILES string of the molecule is CC(C)COCCCNc1ncnc(NN)c1C(C)C. The van der Waals surface area contributed by atoms with E-state index in [9.17, 15) is 0 Å². The van der Waals surface area contributed by atoms with Crippen LogP contribution in [0.2, 0.25) is 0 Å². The molecule has 0 aliphatic carbocycles. The summed E-state index contributed by atoms with van der Waals surface area (Å²) in [6, 6.07) is 0. The Morgan fingerprint density at radius 2 is 1.90 bits per heavy atom. The molecule has 114 valence electrons. The van der Waals surface area contributed by atoms with E-state index in [1.165, 1.54) is 6.33 Å². The van der Waals surface area contributed by atoms with Crippen molar-refractivity contribution in [2.45, 2.75) is 40.0 Å². The molecular weight excluding hydrogens is 254 g/mol. The zero-order valence-corrected chi connectivity index (χ0v) is 12.9. The van der Waals surface area contributed by atoms with Crippen molar-refractivity contribution >= 4 is 11.6 Å². The fraction of sp³-hybridized carbons (Fsp3) is 0.714. The lowest BCUT2D eigenvalue weighted by Crippen LogP contribution is -2.16. The molecule has 20 heavy (non-hydrogen) atoms. The van der Waals surface area contributed by atoms with E-state index in [4.69, 9.17) is 10.6 Å². The molecule has 4 N–H and O–H groups in total. The van der Waals surface area contributed by atoms with Crippen LogP contribution in [-0.2, 0) is 4.74 Å². The van der Waals surface area contributed by atoms with Gasteiger partial charge < -0.3 is 15.5 Å². The summed E-state index contributed by atoms with van der Waals surface area (Å²) in [5, 5.41) is 3.33. The van der Waals surface area contributed by atoms with E-state index < -0.39 is 0 Å². The average Bonchev–Trinajstić information content (AvgIpc) is 2.41. The number of ether oxygens (including phenoxy) is 1. The van der Waals surface area contributed by atoms with Crippen molar-refractivity contribution in [2.75, 3.05) is 30.5 Å². The van der Waals surface area contributed by atoms with Gasteiger partial charge in [-0.15, -0.1) is 0 Å². The summed E-state index contributed by atoms with van der Waals surface area (Å²) in [7, 11) is 0. The van der Waals surface area contributed by atoms with E-state index in [0.717, 1.165) is 37.6 Å². The molecule has 1 heterocycles. The standard InChI is InChI=1S/C14H27N5O/c1-10(2)8-20-7-5-6-16-13-12(11(3)4)14(19-15)18-9-17-13/h9-11H,5-8,15H2,1-4H3,(H2,16,17,18,19). The van der Waals surface area contributed by atoms with Crippen LogP contribution >= 0.6 is 0 Å². The van der Waals surface area contributed by atoms with Gasteiger partial charge in [0, 0.05) is 25.3 Å². The molecule has 0 aromatic carbocycles. The Balaban J connectivity index is 2.47. The third-order valence-corrected chi connectivity index (χ3v) is 2.81. The minimum Gasteiger partial charge on any atom is -0.381 e. The topological polar surface area (TPSA) is 85.1 Å². The van der Waals surface area contributed by atoms with Crippen LogP contribution in [0.1, 0.15) is 45.6 Å². The molecule has 0 spiro atoms. The Bertz CT molecular complexity index is 395. The number of anilines is 2. The zero-order valence-electron chi connectivity index (χ0n) is 12.9. The first-order chi connectivity index (χ1) is 9.56. The second kappa shape index (κ2) is 8.71. The number of hydrogen-bond donors (Lipinski definition) is 3. The molecule has 0 saturated carbocycles. The van der Waals surface area contributed by atoms with Gasteiger partial charge >= 0.3 is 0 Å². The first-order valence-corrected chi connectivity index (χ1v) is 7.19. The molecule has 0 fully saturated rings. The van der Waals surface area contributed by atoms with Gasteiger partial charge in [0.25, 0.3) is 0 Å². The van der Waals surface area contributed by atoms with Gasteiger partial charge in [0.2, 0.25) is 0 Å². The first kappa shape index (κ1) is 16.7. The number of hydrazine groups is 1. The monoisotopic (exact) mass is 281 g/mol. The largest absolute Gasteiger partial charge is 0.381 e. The fourth-order valence-electron chi connectivity index (χ4n) is 1.90. The molecule has 0 amide bonds. The maximum atomic E-state index is 5.55. The van der Waals surface area contributed by atoms with Gasteiger partial charge in [0.15, 0.2) is 0 Å². The van der Waals surface area contributed by atoms with Crippen LogP contribution in [0, 0.1) is 5.92 Å². The zero-order chi connectivity index (χ0) is 15.0. The molecule has 0 aliphatic heterocycles. The van der Waals surface area contributed by atoms with Crippen molar-refractivity contribution in [3.8, 4) is 0 Å². The van der Waals surface area contributed by atoms with Crippen molar-refractivity contribution < 1.29 is 4.74 Å². The van der Waals surface area contributed by atoms with E-state index in [1.807, 2.05) is 0 Å². The molecule has 1 aromatic heterocycles. The van der Waals surface area contributed by atoms with Crippen LogP contribution in [0.15, 0.2) is 6.33 Å². The highest BCUT2D eigenvalue weighted by Crippen LogP contribution is 2.27. The lowest BCUT2D eigenvalue weighted by atomic mass is 10.0. The van der Waals surface area contributed by atoms with Gasteiger partial charge in [-0.2, -0.15) is 0 Å². The minimum atomic E-state index is 0.293. The molecule has 0 radical (unpaired) electrons. The van der Waals surface area contributed by atoms with Gasteiger partial charge in [-0.05, 0) is 18.3 Å². The molecule has 0 bridgehead atoms. The van der Waals surface area contributed by atoms with Crippen LogP contribution in [0.4, 0.5) is 11.6 Å². The third-order valence-electron chi connectivity index (χ3n) is 2.81. The Kier molecular flexibility index (Phi) is 7.25. The summed E-state index contributed by atoms with van der Waals surface area (Å²) in [6.45, 7) is 10.9. The van der Waals surface area contributed by atoms with Crippen molar-refractivity contribution in [3.05, 3.63) is 11.9 Å². The predicted octanol–water partition coefficient (Wildman–Crippen LogP) is 2.36. The highest BCUT2D eigenvalue weighted by Gasteiger charge is 2.13. The first-order valence-electron chi connectivity index (χ1n) is 7.19. The Morgan fingerprint density at radius 1 is 1.20 bits per heavy atom. The van der Waals surface area contributed by atoms with E-state index in [-0.39, 0.29) is 0 Å². The summed E-state index contributed by atoms with van der Waals surface area (Å²) in [6.07, 6.45) is 2.46. The summed E-state index contributed by atoms with van der Waals surface area (Å²) in [4.78, 5) is 8.44. The number of nitrogens with zero attached hydrogens (tertiary/aromatic N) is 2. The van der Waals surface area contributed by atoms with E-state index in [0.29, 0.717) is 17.7 Å². The van der Waals surface area contributed by atoms with Crippen LogP contribution in [0.25, 0.3) is 0 Å². The van der Waals surface area contributed by atoms with Crippen LogP contribution < -0.4 is 16.6 Å². The molecule has 1 rings (SSSR count). The quantitative estimate of drug-likeness (QED) is 0.366. The minimum absolute atomic E-state index is 0.293. The van der Waals surface area contributed by atoms with Crippen molar-refractivity contribution in [1.29, 1.82) is 0 Å². The van der Waals surface area contributed by atoms with E-state index in [1.54, 1.807) is 0 Å². The number of aromatic nitrogens is 2. The Morgan fingerprint density at radius 3 is 2.50 bits per heavy atom. The van der Waals surface area contributed by atoms with Crippen LogP contribution in [0.5, 0.6) is 0 Å². The highest BCUT2D eigenvalue weighted by molar-refractivity contribution is 5.58. The third kappa shape index (κ3) is 5.30. The summed E-state index contributed by atoms with van der Waals surface area (Å²) in [5.41, 5.74) is 3.64. The normalized spacial score (nSPS) is 11.2. The Hall–Kier alpha value is -1.40. The molecule has 0 aliphatic rings. The molecule has 1 aromatic rings. The lowest BCUT2D eigenvalue weighted by molar-refractivity contribution is 0.110. The number of hydrogen-bond acceptors (Lipinski definition) is 6. The van der Waals surface area contributed by atoms with Gasteiger partial charge in [0.1, 0.15) is 18.0 Å². The smallest absolute Gasteiger partial charge is 0.148 e. The average molecular weight is 281 g/mol. The van der Waals surface area contributed by atoms with Crippen LogP contribution in [0.3, 0.4) is 0 Å². The van der Waals surface area contributed by atoms with Gasteiger partial charge in [-0.3, -0.25) is 0 Å². The van der Waals surface area contributed by atoms with E-state index >= 15 is 0 Å². The number of nitrogen functional groups attached to an aromatic ring is 1. The number of nitrogens with one attached hydrogen (secondary N) is 2. The number of nitrogens with two attached hydrogens (primary N) is 1. The van der Waals surface area contributed by atoms with Gasteiger partial charge in [-0.1, -0.05) is 27.7 Å². The molecular formula is C14H27N5O. The van der Waals surface area contributed by atoms with E-state index in [2.05, 4.69) is 48.4 Å². The Labute approximate surface area is 121 Å². The summed E-state index contributed by atoms with van der Waals surface area (Å²) < 4.78 is 5.55. The second-order valence-corrected chi connectivity index (χ2v) is 5.53. The molecule has 0 saturated heterocycles. The summed E-state index contributed by atoms with van der Waals surface area (Å²) in [5.74, 6) is 7.88. The summed E-state index contributed by atoms with van der Waals surface area (Å²) >= 11 is 0. The second-order valence-electron chi connectivity index (χ2n) is 5.53. The van der Waals surface area contributed by atoms with Crippen molar-refractivity contribution in [1.82, 2.24) is 9.97 Å². The highest BCUT2D eigenvalue weighted by atomic mass is 16.5. The number of rotatable bonds is 9. The fourth-order valence-corrected chi connectivity index (χ4v) is 1.90. The van der Waals surface area contributed by atoms with Crippen LogP contribution in [-0.4, -0.2) is 29.7 Å². The molecule has 6 heteroatoms. The van der Waals surface area contributed by atoms with Gasteiger partial charge in [0.05, 0.1) is 0 Å². The van der Waals surface area contributed by atoms with Crippen molar-refractivity contribution in [3.63, 3.8) is 0 Å². The maximum Gasteiger partial charge on any atom is 0.148 e. The van der Waals surface area contributed by atoms with Crippen molar-refractivity contribution in [2.24, 2.45) is 11.8 Å². The lowest BCUT2D eigenvalue weighted by Gasteiger charge is -2.16. The molecule has 0 atom stereocenters. The molecule has 6 nitrogen and oxygen atoms in total. The van der Waals surface area contributed by atoms with Gasteiger partial charge in [-0.25, -0.2) is 15.8 Å².